The van der Waals surface area contributed by atoms with Gasteiger partial charge in [-0.2, -0.15) is 5.26 Å². The molecule has 1 fully saturated rings. The van der Waals surface area contributed by atoms with Crippen molar-refractivity contribution >= 4 is 17.2 Å². The minimum atomic E-state index is 0.287. The van der Waals surface area contributed by atoms with E-state index in [2.05, 4.69) is 22.4 Å². The monoisotopic (exact) mass is 259 g/mol. The Hall–Kier alpha value is -1.37. The van der Waals surface area contributed by atoms with Gasteiger partial charge in [0.1, 0.15) is 11.2 Å². The third-order valence-electron chi connectivity index (χ3n) is 3.82. The number of nitrogens with zero attached hydrogens (tertiary/aromatic N) is 2. The van der Waals surface area contributed by atoms with E-state index in [9.17, 15) is 0 Å². The standard InChI is InChI=1S/C14H14ClN3/c15-14-11(7-16)5-12(8-18-14)10-4-9-2-1-3-17-13(9)6-10/h4-5,8-9,13,17H,1-3,6H2. The van der Waals surface area contributed by atoms with E-state index in [0.717, 1.165) is 18.5 Å². The van der Waals surface area contributed by atoms with Crippen molar-refractivity contribution in [3.8, 4) is 6.07 Å². The molecule has 2 aliphatic rings. The maximum atomic E-state index is 8.99. The Morgan fingerprint density at radius 3 is 3.17 bits per heavy atom. The van der Waals surface area contributed by atoms with Crippen LogP contribution in [-0.2, 0) is 0 Å². The summed E-state index contributed by atoms with van der Waals surface area (Å²) in [7, 11) is 0. The number of hydrogen-bond donors (Lipinski definition) is 1. The highest BCUT2D eigenvalue weighted by Gasteiger charge is 2.30. The number of nitriles is 1. The van der Waals surface area contributed by atoms with Gasteiger partial charge in [-0.15, -0.1) is 0 Å². The zero-order chi connectivity index (χ0) is 12.5. The van der Waals surface area contributed by atoms with Gasteiger partial charge in [-0.3, -0.25) is 0 Å². The second kappa shape index (κ2) is 4.72. The van der Waals surface area contributed by atoms with Gasteiger partial charge in [0.2, 0.25) is 0 Å². The molecular weight excluding hydrogens is 246 g/mol. The first kappa shape index (κ1) is 11.7. The smallest absolute Gasteiger partial charge is 0.146 e. The van der Waals surface area contributed by atoms with Gasteiger partial charge in [0.25, 0.3) is 0 Å². The van der Waals surface area contributed by atoms with E-state index >= 15 is 0 Å². The largest absolute Gasteiger partial charge is 0.313 e. The molecule has 0 radical (unpaired) electrons. The van der Waals surface area contributed by atoms with Crippen LogP contribution in [0.1, 0.15) is 30.4 Å². The van der Waals surface area contributed by atoms with Gasteiger partial charge >= 0.3 is 0 Å². The molecule has 1 N–H and O–H groups in total. The average Bonchev–Trinajstić information content (AvgIpc) is 2.83. The van der Waals surface area contributed by atoms with Crippen molar-refractivity contribution in [2.45, 2.75) is 25.3 Å². The van der Waals surface area contributed by atoms with Gasteiger partial charge in [0.05, 0.1) is 5.56 Å². The summed E-state index contributed by atoms with van der Waals surface area (Å²) in [5.74, 6) is 0.634. The Bertz CT molecular complexity index is 544. The van der Waals surface area contributed by atoms with Crippen LogP contribution >= 0.6 is 11.6 Å². The lowest BCUT2D eigenvalue weighted by Gasteiger charge is -2.25. The lowest BCUT2D eigenvalue weighted by Crippen LogP contribution is -2.37. The molecule has 0 amide bonds. The molecule has 3 nitrogen and oxygen atoms in total. The van der Waals surface area contributed by atoms with Crippen molar-refractivity contribution in [2.75, 3.05) is 6.54 Å². The van der Waals surface area contributed by atoms with Crippen molar-refractivity contribution in [3.05, 3.63) is 34.6 Å². The number of fused-ring (bicyclic) bond motifs is 1. The highest BCUT2D eigenvalue weighted by Crippen LogP contribution is 2.36. The van der Waals surface area contributed by atoms with E-state index in [1.807, 2.05) is 6.07 Å². The summed E-state index contributed by atoms with van der Waals surface area (Å²) in [6.45, 7) is 1.12. The molecule has 0 saturated carbocycles. The lowest BCUT2D eigenvalue weighted by molar-refractivity contribution is 0.348. The third kappa shape index (κ3) is 2.03. The van der Waals surface area contributed by atoms with Crippen LogP contribution in [0.5, 0.6) is 0 Å². The van der Waals surface area contributed by atoms with Crippen molar-refractivity contribution in [3.63, 3.8) is 0 Å². The maximum Gasteiger partial charge on any atom is 0.146 e. The van der Waals surface area contributed by atoms with Crippen molar-refractivity contribution in [2.24, 2.45) is 5.92 Å². The Morgan fingerprint density at radius 2 is 2.39 bits per heavy atom. The molecule has 1 saturated heterocycles. The Labute approximate surface area is 111 Å². The topological polar surface area (TPSA) is 48.7 Å². The number of rotatable bonds is 1. The quantitative estimate of drug-likeness (QED) is 0.789. The summed E-state index contributed by atoms with van der Waals surface area (Å²) in [5, 5.41) is 12.8. The molecule has 4 heteroatoms. The van der Waals surface area contributed by atoms with Crippen LogP contribution in [0.15, 0.2) is 18.3 Å². The zero-order valence-electron chi connectivity index (χ0n) is 9.99. The van der Waals surface area contributed by atoms with E-state index in [1.54, 1.807) is 6.20 Å². The minimum Gasteiger partial charge on any atom is -0.313 e. The second-order valence-corrected chi connectivity index (χ2v) is 5.29. The fraction of sp³-hybridized carbons (Fsp3) is 0.429. The summed E-state index contributed by atoms with van der Waals surface area (Å²) in [5.41, 5.74) is 2.78. The minimum absolute atomic E-state index is 0.287. The molecule has 18 heavy (non-hydrogen) atoms. The van der Waals surface area contributed by atoms with Gasteiger partial charge in [0, 0.05) is 12.2 Å². The molecule has 2 atom stereocenters. The van der Waals surface area contributed by atoms with Crippen LogP contribution < -0.4 is 5.32 Å². The number of hydrogen-bond acceptors (Lipinski definition) is 3. The predicted molar refractivity (Wildman–Crippen MR) is 71.1 cm³/mol. The summed E-state index contributed by atoms with van der Waals surface area (Å²) >= 11 is 5.86. The average molecular weight is 260 g/mol. The van der Waals surface area contributed by atoms with E-state index in [4.69, 9.17) is 16.9 Å². The first-order valence-corrected chi connectivity index (χ1v) is 6.66. The van der Waals surface area contributed by atoms with Gasteiger partial charge in [-0.05, 0) is 48.9 Å². The molecule has 92 valence electrons. The number of aromatic nitrogens is 1. The Kier molecular flexibility index (Phi) is 3.07. The zero-order valence-corrected chi connectivity index (χ0v) is 10.7. The molecule has 0 spiro atoms. The van der Waals surface area contributed by atoms with E-state index in [0.29, 0.717) is 17.5 Å². The Morgan fingerprint density at radius 1 is 1.50 bits per heavy atom. The second-order valence-electron chi connectivity index (χ2n) is 4.94. The predicted octanol–water partition coefficient (Wildman–Crippen LogP) is 2.76. The fourth-order valence-corrected chi connectivity index (χ4v) is 3.03. The molecule has 1 aliphatic carbocycles. The summed E-state index contributed by atoms with van der Waals surface area (Å²) < 4.78 is 0. The number of halogens is 1. The van der Waals surface area contributed by atoms with Crippen molar-refractivity contribution < 1.29 is 0 Å². The van der Waals surface area contributed by atoms with Crippen LogP contribution in [-0.4, -0.2) is 17.6 Å². The molecule has 3 rings (SSSR count). The van der Waals surface area contributed by atoms with E-state index in [-0.39, 0.29) is 5.15 Å². The summed E-state index contributed by atoms with van der Waals surface area (Å²) in [4.78, 5) is 4.09. The van der Waals surface area contributed by atoms with Crippen molar-refractivity contribution in [1.82, 2.24) is 10.3 Å². The number of pyridine rings is 1. The van der Waals surface area contributed by atoms with Crippen LogP contribution in [0.25, 0.3) is 5.57 Å². The normalized spacial score (nSPS) is 26.3. The van der Waals surface area contributed by atoms with Crippen molar-refractivity contribution in [1.29, 1.82) is 5.26 Å². The molecule has 1 aromatic heterocycles. The third-order valence-corrected chi connectivity index (χ3v) is 4.12. The number of piperidine rings is 1. The fourth-order valence-electron chi connectivity index (χ4n) is 2.88. The van der Waals surface area contributed by atoms with Crippen LogP contribution in [0, 0.1) is 17.2 Å². The van der Waals surface area contributed by atoms with Crippen LogP contribution in [0.3, 0.4) is 0 Å². The molecule has 1 aromatic rings. The van der Waals surface area contributed by atoms with Gasteiger partial charge in [-0.1, -0.05) is 17.7 Å². The van der Waals surface area contributed by atoms with Gasteiger partial charge in [-0.25, -0.2) is 4.98 Å². The first-order chi connectivity index (χ1) is 8.78. The molecule has 0 bridgehead atoms. The van der Waals surface area contributed by atoms with Crippen LogP contribution in [0.2, 0.25) is 5.15 Å². The molecule has 2 heterocycles. The summed E-state index contributed by atoms with van der Waals surface area (Å²) in [6, 6.07) is 4.50. The van der Waals surface area contributed by atoms with E-state index < -0.39 is 0 Å². The SMILES string of the molecule is N#Cc1cc(C2=CC3CCCNC3C2)cnc1Cl. The number of nitrogens with one attached hydrogen (secondary N) is 1. The van der Waals surface area contributed by atoms with E-state index in [1.165, 1.54) is 18.4 Å². The molecular formula is C14H14ClN3. The Balaban J connectivity index is 1.90. The molecule has 2 unspecified atom stereocenters. The maximum absolute atomic E-state index is 8.99. The van der Waals surface area contributed by atoms with Gasteiger partial charge in [0.15, 0.2) is 0 Å². The first-order valence-electron chi connectivity index (χ1n) is 6.28. The van der Waals surface area contributed by atoms with Gasteiger partial charge < -0.3 is 5.32 Å². The highest BCUT2D eigenvalue weighted by molar-refractivity contribution is 6.30. The summed E-state index contributed by atoms with van der Waals surface area (Å²) in [6.07, 6.45) is 7.63. The molecule has 1 aliphatic heterocycles. The van der Waals surface area contributed by atoms with Crippen LogP contribution in [0.4, 0.5) is 0 Å². The lowest BCUT2D eigenvalue weighted by atomic mass is 9.94. The molecule has 0 aromatic carbocycles. The highest BCUT2D eigenvalue weighted by atomic mass is 35.5.